The molecule has 0 aliphatic heterocycles. The first kappa shape index (κ1) is 18.9. The van der Waals surface area contributed by atoms with Crippen LogP contribution in [0.15, 0.2) is 47.4 Å². The molecular weight excluding hydrogens is 342 g/mol. The Bertz CT molecular complexity index is 820. The van der Waals surface area contributed by atoms with Gasteiger partial charge in [0.25, 0.3) is 0 Å². The number of sulfonamides is 1. The average molecular weight is 363 g/mol. The summed E-state index contributed by atoms with van der Waals surface area (Å²) >= 11 is 0. The van der Waals surface area contributed by atoms with Crippen molar-refractivity contribution in [2.45, 2.75) is 25.2 Å². The molecule has 1 heterocycles. The van der Waals surface area contributed by atoms with Gasteiger partial charge >= 0.3 is 0 Å². The number of hydrogen-bond donors (Lipinski definition) is 2. The molecule has 7 nitrogen and oxygen atoms in total. The molecule has 8 heteroatoms. The van der Waals surface area contributed by atoms with E-state index in [1.165, 1.54) is 12.1 Å². The Kier molecular flexibility index (Phi) is 6.49. The molecule has 0 bridgehead atoms. The van der Waals surface area contributed by atoms with Gasteiger partial charge in [0, 0.05) is 18.7 Å². The highest BCUT2D eigenvalue weighted by Crippen LogP contribution is 2.15. The summed E-state index contributed by atoms with van der Waals surface area (Å²) in [5.41, 5.74) is 0.786. The first-order valence-electron chi connectivity index (χ1n) is 7.87. The van der Waals surface area contributed by atoms with Crippen LogP contribution in [0.2, 0.25) is 0 Å². The third-order valence-electron chi connectivity index (χ3n) is 3.24. The van der Waals surface area contributed by atoms with E-state index in [1.54, 1.807) is 24.3 Å². The summed E-state index contributed by atoms with van der Waals surface area (Å²) in [5.74, 6) is 0.735. The molecule has 1 aromatic carbocycles. The second-order valence-corrected chi connectivity index (χ2v) is 7.03. The summed E-state index contributed by atoms with van der Waals surface area (Å²) in [6.45, 7) is 4.17. The van der Waals surface area contributed by atoms with Gasteiger partial charge in [-0.2, -0.15) is 0 Å². The zero-order chi connectivity index (χ0) is 18.3. The number of rotatable bonds is 8. The number of nitrogens with one attached hydrogen (secondary N) is 2. The van der Waals surface area contributed by atoms with E-state index >= 15 is 0 Å². The van der Waals surface area contributed by atoms with Crippen molar-refractivity contribution < 1.29 is 17.9 Å². The van der Waals surface area contributed by atoms with Gasteiger partial charge in [-0.05, 0) is 50.2 Å². The molecule has 2 N–H and O–H groups in total. The predicted molar refractivity (Wildman–Crippen MR) is 95.0 cm³/mol. The Morgan fingerprint density at radius 1 is 1.16 bits per heavy atom. The molecule has 1 amide bonds. The normalized spacial score (nSPS) is 11.1. The van der Waals surface area contributed by atoms with Gasteiger partial charge in [-0.1, -0.05) is 6.07 Å². The molecule has 0 aliphatic rings. The molecule has 0 aliphatic carbocycles. The molecular formula is C17H21N3O4S. The van der Waals surface area contributed by atoms with Crippen LogP contribution in [0, 0.1) is 6.92 Å². The third-order valence-corrected chi connectivity index (χ3v) is 4.72. The zero-order valence-electron chi connectivity index (χ0n) is 14.2. The fourth-order valence-electron chi connectivity index (χ4n) is 2.08. The number of hydrogen-bond acceptors (Lipinski definition) is 5. The van der Waals surface area contributed by atoms with Crippen molar-refractivity contribution >= 4 is 21.7 Å². The minimum absolute atomic E-state index is 0.00583. The standard InChI is InChI=1S/C17H21N3O4S/c1-3-24-14-7-9-15(10-8-14)25(22,23)18-12-11-17(21)20-16-6-4-5-13(2)19-16/h4-10,18H,3,11-12H2,1-2H3,(H,19,20,21). The Morgan fingerprint density at radius 2 is 1.88 bits per heavy atom. The second-order valence-electron chi connectivity index (χ2n) is 5.26. The number of aromatic nitrogens is 1. The molecule has 0 unspecified atom stereocenters. The number of benzene rings is 1. The Hall–Kier alpha value is -2.45. The van der Waals surface area contributed by atoms with Crippen molar-refractivity contribution in [3.63, 3.8) is 0 Å². The summed E-state index contributed by atoms with van der Waals surface area (Å²) in [6.07, 6.45) is 0.00583. The molecule has 1 aromatic heterocycles. The van der Waals surface area contributed by atoms with Crippen molar-refractivity contribution in [1.82, 2.24) is 9.71 Å². The number of aryl methyl sites for hydroxylation is 1. The number of amides is 1. The number of carbonyl (C=O) groups is 1. The molecule has 134 valence electrons. The third kappa shape index (κ3) is 5.84. The van der Waals surface area contributed by atoms with E-state index in [4.69, 9.17) is 4.74 Å². The monoisotopic (exact) mass is 363 g/mol. The minimum atomic E-state index is -3.67. The summed E-state index contributed by atoms with van der Waals surface area (Å²) in [6, 6.07) is 11.4. The van der Waals surface area contributed by atoms with Gasteiger partial charge < -0.3 is 10.1 Å². The molecule has 25 heavy (non-hydrogen) atoms. The molecule has 0 fully saturated rings. The van der Waals surface area contributed by atoms with Gasteiger partial charge in [0.1, 0.15) is 11.6 Å². The second kappa shape index (κ2) is 8.59. The topological polar surface area (TPSA) is 97.4 Å². The van der Waals surface area contributed by atoms with Crippen LogP contribution in [0.5, 0.6) is 5.75 Å². The Balaban J connectivity index is 1.86. The SMILES string of the molecule is CCOc1ccc(S(=O)(=O)NCCC(=O)Nc2cccc(C)n2)cc1. The van der Waals surface area contributed by atoms with Crippen LogP contribution in [-0.2, 0) is 14.8 Å². The quantitative estimate of drug-likeness (QED) is 0.748. The molecule has 2 aromatic rings. The van der Waals surface area contributed by atoms with Gasteiger partial charge in [-0.3, -0.25) is 4.79 Å². The molecule has 0 atom stereocenters. The van der Waals surface area contributed by atoms with Crippen molar-refractivity contribution in [3.05, 3.63) is 48.2 Å². The zero-order valence-corrected chi connectivity index (χ0v) is 15.0. The number of anilines is 1. The lowest BCUT2D eigenvalue weighted by molar-refractivity contribution is -0.116. The van der Waals surface area contributed by atoms with Crippen LogP contribution in [0.1, 0.15) is 19.0 Å². The van der Waals surface area contributed by atoms with E-state index in [0.717, 1.165) is 5.69 Å². The maximum atomic E-state index is 12.2. The molecule has 2 rings (SSSR count). The number of nitrogens with zero attached hydrogens (tertiary/aromatic N) is 1. The smallest absolute Gasteiger partial charge is 0.240 e. The van der Waals surface area contributed by atoms with Crippen molar-refractivity contribution in [2.24, 2.45) is 0 Å². The van der Waals surface area contributed by atoms with E-state index in [1.807, 2.05) is 19.9 Å². The first-order chi connectivity index (χ1) is 11.9. The van der Waals surface area contributed by atoms with Crippen molar-refractivity contribution in [3.8, 4) is 5.75 Å². The van der Waals surface area contributed by atoms with Crippen LogP contribution in [0.3, 0.4) is 0 Å². The van der Waals surface area contributed by atoms with Gasteiger partial charge in [0.15, 0.2) is 0 Å². The molecule has 0 spiro atoms. The number of carbonyl (C=O) groups excluding carboxylic acids is 1. The Labute approximate surface area is 147 Å². The average Bonchev–Trinajstić information content (AvgIpc) is 2.55. The lowest BCUT2D eigenvalue weighted by Gasteiger charge is -2.08. The van der Waals surface area contributed by atoms with Crippen LogP contribution in [0.25, 0.3) is 0 Å². The summed E-state index contributed by atoms with van der Waals surface area (Å²) in [4.78, 5) is 16.1. The van der Waals surface area contributed by atoms with Crippen molar-refractivity contribution in [2.75, 3.05) is 18.5 Å². The minimum Gasteiger partial charge on any atom is -0.494 e. The molecule has 0 saturated carbocycles. The lowest BCUT2D eigenvalue weighted by Crippen LogP contribution is -2.28. The molecule has 0 saturated heterocycles. The van der Waals surface area contributed by atoms with Gasteiger partial charge in [0.2, 0.25) is 15.9 Å². The van der Waals surface area contributed by atoms with Crippen LogP contribution in [0.4, 0.5) is 5.82 Å². The fraction of sp³-hybridized carbons (Fsp3) is 0.294. The van der Waals surface area contributed by atoms with E-state index in [0.29, 0.717) is 18.2 Å². The van der Waals surface area contributed by atoms with E-state index in [9.17, 15) is 13.2 Å². The maximum Gasteiger partial charge on any atom is 0.240 e. The van der Waals surface area contributed by atoms with Gasteiger partial charge in [-0.25, -0.2) is 18.1 Å². The van der Waals surface area contributed by atoms with Crippen LogP contribution >= 0.6 is 0 Å². The van der Waals surface area contributed by atoms with Crippen molar-refractivity contribution in [1.29, 1.82) is 0 Å². The maximum absolute atomic E-state index is 12.2. The summed E-state index contributed by atoms with van der Waals surface area (Å²) < 4.78 is 32.1. The van der Waals surface area contributed by atoms with Gasteiger partial charge in [0.05, 0.1) is 11.5 Å². The van der Waals surface area contributed by atoms with E-state index in [-0.39, 0.29) is 23.8 Å². The lowest BCUT2D eigenvalue weighted by atomic mass is 10.3. The fourth-order valence-corrected chi connectivity index (χ4v) is 3.11. The first-order valence-corrected chi connectivity index (χ1v) is 9.35. The highest BCUT2D eigenvalue weighted by atomic mass is 32.2. The summed E-state index contributed by atoms with van der Waals surface area (Å²) in [5, 5.41) is 2.63. The Morgan fingerprint density at radius 3 is 2.52 bits per heavy atom. The van der Waals surface area contributed by atoms with Crippen LogP contribution in [-0.4, -0.2) is 32.5 Å². The molecule has 0 radical (unpaired) electrons. The van der Waals surface area contributed by atoms with Crippen LogP contribution < -0.4 is 14.8 Å². The van der Waals surface area contributed by atoms with E-state index in [2.05, 4.69) is 15.0 Å². The van der Waals surface area contributed by atoms with E-state index < -0.39 is 10.0 Å². The predicted octanol–water partition coefficient (Wildman–Crippen LogP) is 2.10. The van der Waals surface area contributed by atoms with Gasteiger partial charge in [-0.15, -0.1) is 0 Å². The number of ether oxygens (including phenoxy) is 1. The summed E-state index contributed by atoms with van der Waals surface area (Å²) in [7, 11) is -3.67. The largest absolute Gasteiger partial charge is 0.494 e. The number of pyridine rings is 1. The highest BCUT2D eigenvalue weighted by molar-refractivity contribution is 7.89. The highest BCUT2D eigenvalue weighted by Gasteiger charge is 2.14.